The molecule has 0 spiro atoms. The van der Waals surface area contributed by atoms with Crippen LogP contribution in [0.3, 0.4) is 0 Å². The Morgan fingerprint density at radius 2 is 1.66 bits per heavy atom. The maximum absolute atomic E-state index is 12.8. The predicted octanol–water partition coefficient (Wildman–Crippen LogP) is 5.44. The molecule has 4 fully saturated rings. The summed E-state index contributed by atoms with van der Waals surface area (Å²) < 4.78 is 2.30. The van der Waals surface area contributed by atoms with Gasteiger partial charge in [-0.05, 0) is 89.2 Å². The fourth-order valence-corrected chi connectivity index (χ4v) is 7.93. The molecule has 6 rings (SSSR count). The summed E-state index contributed by atoms with van der Waals surface area (Å²) in [5.74, 6) is 3.44. The number of nitrogens with one attached hydrogen (secondary N) is 1. The van der Waals surface area contributed by atoms with Gasteiger partial charge in [-0.25, -0.2) is 4.68 Å². The highest BCUT2D eigenvalue weighted by atomic mass is 32.2. The van der Waals surface area contributed by atoms with Crippen LogP contribution in [0.1, 0.15) is 55.5 Å². The molecule has 1 aromatic heterocycles. The molecule has 4 saturated carbocycles. The lowest BCUT2D eigenvalue weighted by molar-refractivity contribution is -0.113. The summed E-state index contributed by atoms with van der Waals surface area (Å²) in [5, 5.41) is 7.84. The molecule has 0 radical (unpaired) electrons. The van der Waals surface area contributed by atoms with Crippen LogP contribution in [-0.2, 0) is 4.79 Å². The van der Waals surface area contributed by atoms with Gasteiger partial charge < -0.3 is 5.32 Å². The van der Waals surface area contributed by atoms with Gasteiger partial charge in [0, 0.05) is 4.75 Å². The van der Waals surface area contributed by atoms with Crippen LogP contribution in [0.25, 0.3) is 5.69 Å². The quantitative estimate of drug-likeness (QED) is 0.715. The summed E-state index contributed by atoms with van der Waals surface area (Å²) in [5.41, 5.74) is 4.97. The normalized spacial score (nSPS) is 30.0. The van der Waals surface area contributed by atoms with Crippen molar-refractivity contribution in [2.45, 2.75) is 64.0 Å². The van der Waals surface area contributed by atoms with Gasteiger partial charge in [0.1, 0.15) is 0 Å². The lowest BCUT2D eigenvalue weighted by Crippen LogP contribution is -2.49. The maximum Gasteiger partial charge on any atom is 0.234 e. The molecule has 5 heteroatoms. The lowest BCUT2D eigenvalue weighted by Gasteiger charge is -2.56. The van der Waals surface area contributed by atoms with Gasteiger partial charge in [-0.15, -0.1) is 11.8 Å². The SMILES string of the molecule is Cc1ccc(-n2nc(C)c(NC(=O)CSC34CC5CC(CC(C5)C3)C4)c2C)cc1. The van der Waals surface area contributed by atoms with E-state index >= 15 is 0 Å². The van der Waals surface area contributed by atoms with Crippen molar-refractivity contribution < 1.29 is 4.79 Å². The first kappa shape index (κ1) is 19.2. The summed E-state index contributed by atoms with van der Waals surface area (Å²) in [6.45, 7) is 6.08. The Balaban J connectivity index is 1.26. The third-order valence-corrected chi connectivity index (χ3v) is 8.84. The van der Waals surface area contributed by atoms with E-state index in [2.05, 4.69) is 41.6 Å². The minimum Gasteiger partial charge on any atom is -0.322 e. The molecule has 4 aliphatic rings. The zero-order valence-corrected chi connectivity index (χ0v) is 18.5. The molecule has 1 amide bonds. The van der Waals surface area contributed by atoms with E-state index in [0.29, 0.717) is 10.5 Å². The highest BCUT2D eigenvalue weighted by molar-refractivity contribution is 8.01. The third-order valence-electron chi connectivity index (χ3n) is 7.33. The molecule has 1 N–H and O–H groups in total. The van der Waals surface area contributed by atoms with Crippen molar-refractivity contribution in [1.82, 2.24) is 9.78 Å². The maximum atomic E-state index is 12.8. The van der Waals surface area contributed by atoms with E-state index in [-0.39, 0.29) is 5.91 Å². The highest BCUT2D eigenvalue weighted by Gasteiger charge is 2.51. The van der Waals surface area contributed by atoms with Gasteiger partial charge in [0.15, 0.2) is 0 Å². The summed E-state index contributed by atoms with van der Waals surface area (Å²) in [6.07, 6.45) is 8.34. The molecule has 29 heavy (non-hydrogen) atoms. The number of carbonyl (C=O) groups excluding carboxylic acids is 1. The summed E-state index contributed by atoms with van der Waals surface area (Å²) in [4.78, 5) is 12.8. The molecule has 4 nitrogen and oxygen atoms in total. The molecule has 4 aliphatic carbocycles. The number of anilines is 1. The Hall–Kier alpha value is -1.75. The molecule has 4 bridgehead atoms. The fourth-order valence-electron chi connectivity index (χ4n) is 6.36. The Bertz CT molecular complexity index is 895. The number of nitrogens with zero attached hydrogens (tertiary/aromatic N) is 2. The van der Waals surface area contributed by atoms with E-state index in [1.54, 1.807) is 0 Å². The molecular formula is C24H31N3OS. The van der Waals surface area contributed by atoms with Crippen LogP contribution >= 0.6 is 11.8 Å². The first-order chi connectivity index (χ1) is 13.9. The number of hydrogen-bond acceptors (Lipinski definition) is 3. The number of rotatable bonds is 5. The minimum atomic E-state index is 0.111. The second kappa shape index (κ2) is 7.19. The van der Waals surface area contributed by atoms with Crippen LogP contribution in [0.2, 0.25) is 0 Å². The molecule has 2 aromatic rings. The Kier molecular flexibility index (Phi) is 4.77. The van der Waals surface area contributed by atoms with E-state index in [1.807, 2.05) is 30.3 Å². The molecule has 0 atom stereocenters. The monoisotopic (exact) mass is 409 g/mol. The van der Waals surface area contributed by atoms with Gasteiger partial charge >= 0.3 is 0 Å². The van der Waals surface area contributed by atoms with Gasteiger partial charge in [-0.2, -0.15) is 5.10 Å². The van der Waals surface area contributed by atoms with Gasteiger partial charge in [-0.3, -0.25) is 4.79 Å². The average molecular weight is 410 g/mol. The number of aromatic nitrogens is 2. The van der Waals surface area contributed by atoms with Crippen LogP contribution in [0.15, 0.2) is 24.3 Å². The second-order valence-corrected chi connectivity index (χ2v) is 11.2. The molecule has 154 valence electrons. The number of amides is 1. The molecule has 1 aromatic carbocycles. The number of carbonyl (C=O) groups is 1. The van der Waals surface area contributed by atoms with Gasteiger partial charge in [0.2, 0.25) is 5.91 Å². The van der Waals surface area contributed by atoms with E-state index in [4.69, 9.17) is 0 Å². The minimum absolute atomic E-state index is 0.111. The zero-order chi connectivity index (χ0) is 20.2. The second-order valence-electron chi connectivity index (χ2n) is 9.73. The Labute approximate surface area is 177 Å². The summed E-state index contributed by atoms with van der Waals surface area (Å²) in [7, 11) is 0. The standard InChI is InChI=1S/C24H31N3OS/c1-15-4-6-21(7-5-15)27-17(3)23(16(2)26-27)25-22(28)14-29-24-11-18-8-19(12-24)10-20(9-18)13-24/h4-7,18-20H,8-14H2,1-3H3,(H,25,28). The van der Waals surface area contributed by atoms with Gasteiger partial charge in [-0.1, -0.05) is 17.7 Å². The van der Waals surface area contributed by atoms with Crippen molar-refractivity contribution in [3.63, 3.8) is 0 Å². The summed E-state index contributed by atoms with van der Waals surface area (Å²) >= 11 is 1.94. The number of thioether (sulfide) groups is 1. The largest absolute Gasteiger partial charge is 0.322 e. The van der Waals surface area contributed by atoms with Crippen molar-refractivity contribution >= 4 is 23.4 Å². The van der Waals surface area contributed by atoms with Crippen molar-refractivity contribution in [1.29, 1.82) is 0 Å². The van der Waals surface area contributed by atoms with E-state index in [9.17, 15) is 4.79 Å². The van der Waals surface area contributed by atoms with Crippen molar-refractivity contribution in [3.05, 3.63) is 41.2 Å². The van der Waals surface area contributed by atoms with Crippen LogP contribution in [0.5, 0.6) is 0 Å². The molecular weight excluding hydrogens is 378 g/mol. The van der Waals surface area contributed by atoms with Crippen LogP contribution in [0.4, 0.5) is 5.69 Å². The number of aryl methyl sites for hydroxylation is 2. The first-order valence-corrected chi connectivity index (χ1v) is 12.0. The average Bonchev–Trinajstić information content (AvgIpc) is 2.94. The molecule has 0 aliphatic heterocycles. The zero-order valence-electron chi connectivity index (χ0n) is 17.7. The van der Waals surface area contributed by atoms with E-state index < -0.39 is 0 Å². The molecule has 0 saturated heterocycles. The van der Waals surface area contributed by atoms with E-state index in [0.717, 1.165) is 40.5 Å². The summed E-state index contributed by atoms with van der Waals surface area (Å²) in [6, 6.07) is 8.32. The highest BCUT2D eigenvalue weighted by Crippen LogP contribution is 2.60. The van der Waals surface area contributed by atoms with Crippen molar-refractivity contribution in [2.75, 3.05) is 11.1 Å². The number of hydrogen-bond donors (Lipinski definition) is 1. The first-order valence-electron chi connectivity index (χ1n) is 11.0. The Morgan fingerprint density at radius 3 is 2.24 bits per heavy atom. The lowest BCUT2D eigenvalue weighted by atomic mass is 9.56. The Morgan fingerprint density at radius 1 is 1.07 bits per heavy atom. The molecule has 0 unspecified atom stereocenters. The fraction of sp³-hybridized carbons (Fsp3) is 0.583. The van der Waals surface area contributed by atoms with Gasteiger partial charge in [0.05, 0.1) is 28.5 Å². The third kappa shape index (κ3) is 3.63. The van der Waals surface area contributed by atoms with E-state index in [1.165, 1.54) is 44.1 Å². The van der Waals surface area contributed by atoms with Crippen LogP contribution in [-0.4, -0.2) is 26.2 Å². The molecule has 1 heterocycles. The van der Waals surface area contributed by atoms with Crippen molar-refractivity contribution in [3.8, 4) is 5.69 Å². The topological polar surface area (TPSA) is 46.9 Å². The predicted molar refractivity (Wildman–Crippen MR) is 120 cm³/mol. The van der Waals surface area contributed by atoms with Crippen LogP contribution in [0, 0.1) is 38.5 Å². The number of benzene rings is 1. The van der Waals surface area contributed by atoms with Gasteiger partial charge in [0.25, 0.3) is 0 Å². The van der Waals surface area contributed by atoms with Crippen LogP contribution < -0.4 is 5.32 Å². The van der Waals surface area contributed by atoms with Crippen molar-refractivity contribution in [2.24, 2.45) is 17.8 Å². The smallest absolute Gasteiger partial charge is 0.234 e.